The highest BCUT2D eigenvalue weighted by Gasteiger charge is 2.16. The van der Waals surface area contributed by atoms with E-state index in [1.165, 1.54) is 0 Å². The van der Waals surface area contributed by atoms with E-state index in [-0.39, 0.29) is 45.7 Å². The molecule has 9 rings (SSSR count). The van der Waals surface area contributed by atoms with Gasteiger partial charge in [-0.3, -0.25) is 0 Å². The Labute approximate surface area is 260 Å². The molecule has 0 aliphatic carbocycles. The van der Waals surface area contributed by atoms with Crippen molar-refractivity contribution in [3.63, 3.8) is 0 Å². The van der Waals surface area contributed by atoms with Crippen molar-refractivity contribution in [2.45, 2.75) is 0 Å². The quantitative estimate of drug-likeness (QED) is 0.198. The summed E-state index contributed by atoms with van der Waals surface area (Å²) in [6, 6.07) is 32.2. The van der Waals surface area contributed by atoms with Crippen molar-refractivity contribution in [3.05, 3.63) is 158 Å². The Morgan fingerprint density at radius 1 is 0.372 bits per heavy atom. The van der Waals surface area contributed by atoms with Gasteiger partial charge in [0.1, 0.15) is 11.2 Å². The number of hydrogen-bond donors (Lipinski definition) is 0. The van der Waals surface area contributed by atoms with Gasteiger partial charge in [0, 0.05) is 10.8 Å². The van der Waals surface area contributed by atoms with Crippen LogP contribution in [-0.4, -0.2) is 0 Å². The second-order valence-corrected chi connectivity index (χ2v) is 10.7. The van der Waals surface area contributed by atoms with Crippen LogP contribution in [0.3, 0.4) is 0 Å². The zero-order chi connectivity index (χ0) is 35.3. The van der Waals surface area contributed by atoms with Crippen LogP contribution in [0.25, 0.3) is 87.6 Å². The summed E-state index contributed by atoms with van der Waals surface area (Å²) in [6.45, 7) is 0. The molecule has 0 aliphatic heterocycles. The van der Waals surface area contributed by atoms with Gasteiger partial charge in [0.25, 0.3) is 0 Å². The van der Waals surface area contributed by atoms with Crippen molar-refractivity contribution in [2.24, 2.45) is 0 Å². The van der Waals surface area contributed by atoms with Crippen molar-refractivity contribution in [2.75, 3.05) is 0 Å². The smallest absolute Gasteiger partial charge is 0.135 e. The number of para-hydroxylation sites is 1. The first kappa shape index (κ1) is 17.3. The molecule has 1 heterocycles. The minimum absolute atomic E-state index is 0.203. The van der Waals surface area contributed by atoms with Gasteiger partial charge in [-0.2, -0.15) is 0 Å². The summed E-state index contributed by atoms with van der Waals surface area (Å²) in [5.41, 5.74) is 5.53. The predicted octanol–water partition coefficient (Wildman–Crippen LogP) is 12.0. The highest BCUT2D eigenvalue weighted by molar-refractivity contribution is 6.21. The molecule has 0 N–H and O–H groups in total. The molecule has 43 heavy (non-hydrogen) atoms. The van der Waals surface area contributed by atoms with Crippen LogP contribution in [0, 0.1) is 0 Å². The monoisotopic (exact) mass is 554 g/mol. The fourth-order valence-corrected chi connectivity index (χ4v) is 6.29. The fraction of sp³-hybridized carbons (Fsp3) is 0. The first-order chi connectivity index (χ1) is 24.6. The Bertz CT molecular complexity index is 2870. The van der Waals surface area contributed by atoms with Crippen LogP contribution in [0.2, 0.25) is 0 Å². The lowest BCUT2D eigenvalue weighted by molar-refractivity contribution is 0.669. The van der Waals surface area contributed by atoms with E-state index >= 15 is 0 Å². The van der Waals surface area contributed by atoms with Gasteiger partial charge in [-0.25, -0.2) is 0 Å². The predicted molar refractivity (Wildman–Crippen MR) is 183 cm³/mol. The lowest BCUT2D eigenvalue weighted by atomic mass is 9.85. The number of benzene rings is 8. The number of furan rings is 1. The molecule has 0 bridgehead atoms. The Balaban J connectivity index is 1.34. The molecule has 0 fully saturated rings. The summed E-state index contributed by atoms with van der Waals surface area (Å²) in [4.78, 5) is 0. The van der Waals surface area contributed by atoms with Crippen molar-refractivity contribution < 1.29 is 15.4 Å². The summed E-state index contributed by atoms with van der Waals surface area (Å²) >= 11 is 0. The summed E-state index contributed by atoms with van der Waals surface area (Å²) < 4.78 is 77.1. The molecule has 1 aromatic heterocycles. The van der Waals surface area contributed by atoms with Crippen LogP contribution in [0.15, 0.2) is 162 Å². The van der Waals surface area contributed by atoms with Gasteiger partial charge in [0.2, 0.25) is 0 Å². The van der Waals surface area contributed by atoms with E-state index in [9.17, 15) is 0 Å². The van der Waals surface area contributed by atoms with Crippen LogP contribution >= 0.6 is 0 Å². The minimum Gasteiger partial charge on any atom is -0.456 e. The standard InChI is InChI=1S/C42H26O/c1-2-10-27(11-3-1)41-34-13-4-6-15-36(34)42(37-16-7-5-14-35(37)41)32-21-20-28-24-29(18-19-30(28)25-32)31-22-23-40-38(26-31)33-12-8-9-17-39(33)43-40/h1-26H/i4D,5D,6D,7D,13D,14D,15D,16D. The molecule has 0 saturated carbocycles. The lowest BCUT2D eigenvalue weighted by Crippen LogP contribution is -1.90. The van der Waals surface area contributed by atoms with Gasteiger partial charge in [-0.15, -0.1) is 0 Å². The molecule has 1 nitrogen and oxygen atoms in total. The highest BCUT2D eigenvalue weighted by Crippen LogP contribution is 2.44. The zero-order valence-electron chi connectivity index (χ0n) is 30.8. The molecule has 9 aromatic rings. The molecule has 0 spiro atoms. The third-order valence-electron chi connectivity index (χ3n) is 8.28. The summed E-state index contributed by atoms with van der Waals surface area (Å²) in [7, 11) is 0. The van der Waals surface area contributed by atoms with Gasteiger partial charge in [0.05, 0.1) is 11.0 Å². The molecule has 8 aromatic carbocycles. The van der Waals surface area contributed by atoms with E-state index in [1.54, 1.807) is 24.3 Å². The summed E-state index contributed by atoms with van der Waals surface area (Å²) in [5, 5.41) is 4.70. The Kier molecular flexibility index (Phi) is 3.80. The van der Waals surface area contributed by atoms with E-state index < -0.39 is 24.2 Å². The zero-order valence-corrected chi connectivity index (χ0v) is 22.8. The maximum absolute atomic E-state index is 9.16. The Hall–Kier alpha value is -5.66. The van der Waals surface area contributed by atoms with Gasteiger partial charge < -0.3 is 4.42 Å². The first-order valence-electron chi connectivity index (χ1n) is 18.1. The number of hydrogen-bond acceptors (Lipinski definition) is 1. The third kappa shape index (κ3) is 3.79. The largest absolute Gasteiger partial charge is 0.456 e. The average molecular weight is 555 g/mol. The van der Waals surface area contributed by atoms with Crippen molar-refractivity contribution in [1.82, 2.24) is 0 Å². The second-order valence-electron chi connectivity index (χ2n) is 10.7. The van der Waals surface area contributed by atoms with E-state index in [4.69, 9.17) is 15.4 Å². The van der Waals surface area contributed by atoms with E-state index in [2.05, 4.69) is 12.1 Å². The van der Waals surface area contributed by atoms with Gasteiger partial charge in [0.15, 0.2) is 0 Å². The SMILES string of the molecule is [2H]c1c([2H])c([2H])c2c(-c3ccc4cc(-c5ccc6oc7ccccc7c6c5)ccc4c3)c3c([2H])c([2H])c([2H])c([2H])c3c(-c3ccccc3)c2c1[2H]. The van der Waals surface area contributed by atoms with Gasteiger partial charge >= 0.3 is 0 Å². The van der Waals surface area contributed by atoms with Crippen LogP contribution < -0.4 is 0 Å². The Morgan fingerprint density at radius 2 is 0.884 bits per heavy atom. The van der Waals surface area contributed by atoms with Crippen molar-refractivity contribution in [3.8, 4) is 33.4 Å². The normalized spacial score (nSPS) is 14.3. The average Bonchev–Trinajstić information content (AvgIpc) is 3.54. The van der Waals surface area contributed by atoms with Crippen LogP contribution in [0.1, 0.15) is 11.0 Å². The molecule has 0 radical (unpaired) electrons. The van der Waals surface area contributed by atoms with Crippen LogP contribution in [0.4, 0.5) is 0 Å². The Morgan fingerprint density at radius 3 is 1.58 bits per heavy atom. The van der Waals surface area contributed by atoms with Crippen LogP contribution in [-0.2, 0) is 0 Å². The summed E-state index contributed by atoms with van der Waals surface area (Å²) in [6.07, 6.45) is 0. The first-order valence-corrected chi connectivity index (χ1v) is 14.1. The van der Waals surface area contributed by atoms with E-state index in [1.807, 2.05) is 72.8 Å². The van der Waals surface area contributed by atoms with E-state index in [0.717, 1.165) is 43.8 Å². The fourth-order valence-electron chi connectivity index (χ4n) is 6.29. The third-order valence-corrected chi connectivity index (χ3v) is 8.28. The molecular weight excluding hydrogens is 520 g/mol. The molecule has 1 heteroatoms. The number of rotatable bonds is 3. The van der Waals surface area contributed by atoms with Gasteiger partial charge in [-0.05, 0) is 96.0 Å². The van der Waals surface area contributed by atoms with Crippen LogP contribution in [0.5, 0.6) is 0 Å². The molecule has 0 atom stereocenters. The lowest BCUT2D eigenvalue weighted by Gasteiger charge is -2.18. The molecule has 0 saturated heterocycles. The van der Waals surface area contributed by atoms with Crippen molar-refractivity contribution >= 4 is 54.3 Å². The molecule has 200 valence electrons. The highest BCUT2D eigenvalue weighted by atomic mass is 16.3. The van der Waals surface area contributed by atoms with Gasteiger partial charge in [-0.1, -0.05) is 127 Å². The summed E-state index contributed by atoms with van der Waals surface area (Å²) in [5.74, 6) is 0. The number of fused-ring (bicyclic) bond motifs is 6. The maximum atomic E-state index is 9.16. The topological polar surface area (TPSA) is 13.1 Å². The second kappa shape index (κ2) is 9.44. The molecule has 0 unspecified atom stereocenters. The minimum atomic E-state index is -0.416. The molecule has 0 aliphatic rings. The molecule has 0 amide bonds. The molecular formula is C42H26O. The van der Waals surface area contributed by atoms with Crippen molar-refractivity contribution in [1.29, 1.82) is 0 Å². The maximum Gasteiger partial charge on any atom is 0.135 e. The van der Waals surface area contributed by atoms with E-state index in [0.29, 0.717) is 22.3 Å².